The van der Waals surface area contributed by atoms with Crippen molar-refractivity contribution >= 4 is 22.9 Å². The normalized spacial score (nSPS) is 9.30. The molecule has 0 bridgehead atoms. The Balaban J connectivity index is 0.000000267. The summed E-state index contributed by atoms with van der Waals surface area (Å²) in [6.45, 7) is 0. The van der Waals surface area contributed by atoms with E-state index in [1.54, 1.807) is 0 Å². The van der Waals surface area contributed by atoms with Crippen LogP contribution >= 0.6 is 0 Å². The van der Waals surface area contributed by atoms with Crippen LogP contribution in [0.2, 0.25) is 0 Å². The molecule has 40 heavy (non-hydrogen) atoms. The highest BCUT2D eigenvalue weighted by molar-refractivity contribution is 5.28. The summed E-state index contributed by atoms with van der Waals surface area (Å²) in [5.41, 5.74) is -1.74. The molecular weight excluding hydrogens is 556 g/mol. The highest BCUT2D eigenvalue weighted by Gasteiger charge is 2.14. The monoisotopic (exact) mass is 568 g/mol. The van der Waals surface area contributed by atoms with E-state index < -0.39 is 66.0 Å². The van der Waals surface area contributed by atoms with E-state index in [2.05, 4.69) is 19.9 Å². The van der Waals surface area contributed by atoms with Gasteiger partial charge in [0.15, 0.2) is 0 Å². The van der Waals surface area contributed by atoms with Crippen molar-refractivity contribution in [3.8, 4) is 0 Å². The zero-order valence-corrected chi connectivity index (χ0v) is 19.3. The van der Waals surface area contributed by atoms with Crippen molar-refractivity contribution in [1.29, 1.82) is 0 Å². The molecule has 0 saturated carbocycles. The fourth-order valence-electron chi connectivity index (χ4n) is 2.04. The minimum atomic E-state index is -1.05. The Labute approximate surface area is 218 Å². The van der Waals surface area contributed by atoms with Crippen molar-refractivity contribution in [3.05, 3.63) is 137 Å². The molecule has 4 rings (SSSR count). The van der Waals surface area contributed by atoms with Crippen molar-refractivity contribution in [2.45, 2.75) is 0 Å². The van der Waals surface area contributed by atoms with Gasteiger partial charge in [-0.15, -0.1) is 0 Å². The molecule has 0 saturated heterocycles. The SMILES string of the molecule is O=[N+]([O-])c1cccnc1F.O=[N+]([O-])c1ccncc1F.O=[N+]([O-])c1cnccc1F.O=[N+]([O-])c1ncccc1F. The maximum Gasteiger partial charge on any atom is 0.399 e. The molecule has 0 atom stereocenters. The van der Waals surface area contributed by atoms with Crippen LogP contribution in [-0.4, -0.2) is 39.6 Å². The van der Waals surface area contributed by atoms with Crippen LogP contribution in [0.25, 0.3) is 0 Å². The van der Waals surface area contributed by atoms with E-state index in [1.807, 2.05) is 0 Å². The molecule has 0 aliphatic rings. The first-order valence-electron chi connectivity index (χ1n) is 9.84. The Bertz CT molecular complexity index is 1280. The Kier molecular flexibility index (Phi) is 12.7. The minimum absolute atomic E-state index is 0.546. The number of nitro groups is 4. The molecule has 4 aromatic rings. The standard InChI is InChI=1S/4C5H3FN2O2/c6-4-3-7-2-1-5(4)8(9)10;6-4-1-2-7-3-5(4)8(9)10;6-5-4(8(9)10)2-1-3-7-5;6-4-2-1-3-7-5(4)8(9)10/h4*1-3H. The number of nitrogens with zero attached hydrogens (tertiary/aromatic N) is 8. The average Bonchev–Trinajstić information content (AvgIpc) is 2.90. The van der Waals surface area contributed by atoms with E-state index in [0.29, 0.717) is 0 Å². The number of aromatic nitrogens is 4. The lowest BCUT2D eigenvalue weighted by molar-refractivity contribution is -0.392. The van der Waals surface area contributed by atoms with Gasteiger partial charge in [-0.25, -0.2) is 4.98 Å². The van der Waals surface area contributed by atoms with Gasteiger partial charge in [-0.1, -0.05) is 0 Å². The molecule has 208 valence electrons. The van der Waals surface area contributed by atoms with Gasteiger partial charge in [0.25, 0.3) is 5.95 Å². The average molecular weight is 568 g/mol. The highest BCUT2D eigenvalue weighted by atomic mass is 19.1. The van der Waals surface area contributed by atoms with Crippen LogP contribution < -0.4 is 0 Å². The number of halogens is 4. The second-order valence-corrected chi connectivity index (χ2v) is 6.30. The van der Waals surface area contributed by atoms with E-state index in [0.717, 1.165) is 49.1 Å². The first-order valence-corrected chi connectivity index (χ1v) is 9.84. The third kappa shape index (κ3) is 10.5. The third-order valence-corrected chi connectivity index (χ3v) is 3.74. The zero-order chi connectivity index (χ0) is 30.2. The zero-order valence-electron chi connectivity index (χ0n) is 19.3. The van der Waals surface area contributed by atoms with Gasteiger partial charge in [0.2, 0.25) is 17.5 Å². The van der Waals surface area contributed by atoms with Gasteiger partial charge in [-0.05, 0) is 34.2 Å². The molecule has 0 spiro atoms. The number of hydrogen-bond donors (Lipinski definition) is 0. The van der Waals surface area contributed by atoms with Crippen LogP contribution in [0.1, 0.15) is 0 Å². The molecule has 4 aromatic heterocycles. The Morgan fingerprint density at radius 3 is 1.48 bits per heavy atom. The molecule has 0 aromatic carbocycles. The van der Waals surface area contributed by atoms with E-state index in [-0.39, 0.29) is 0 Å². The molecule has 0 N–H and O–H groups in total. The van der Waals surface area contributed by atoms with Crippen LogP contribution in [0.15, 0.2) is 73.6 Å². The van der Waals surface area contributed by atoms with E-state index in [4.69, 9.17) is 0 Å². The highest BCUT2D eigenvalue weighted by Crippen LogP contribution is 2.14. The molecule has 0 aliphatic heterocycles. The van der Waals surface area contributed by atoms with Crippen molar-refractivity contribution < 1.29 is 37.3 Å². The van der Waals surface area contributed by atoms with Gasteiger partial charge in [-0.2, -0.15) is 17.6 Å². The molecule has 0 aliphatic carbocycles. The Morgan fingerprint density at radius 1 is 0.525 bits per heavy atom. The topological polar surface area (TPSA) is 224 Å². The molecule has 0 fully saturated rings. The maximum absolute atomic E-state index is 12.4. The summed E-state index contributed by atoms with van der Waals surface area (Å²) >= 11 is 0. The number of hydrogen-bond acceptors (Lipinski definition) is 12. The van der Waals surface area contributed by atoms with Crippen LogP contribution in [0.3, 0.4) is 0 Å². The first-order chi connectivity index (χ1) is 18.9. The molecule has 16 nitrogen and oxygen atoms in total. The van der Waals surface area contributed by atoms with E-state index in [1.165, 1.54) is 24.5 Å². The molecule has 20 heteroatoms. The summed E-state index contributed by atoms with van der Waals surface area (Å²) in [6.07, 6.45) is 6.32. The molecule has 0 radical (unpaired) electrons. The molecule has 0 amide bonds. The molecule has 0 unspecified atom stereocenters. The van der Waals surface area contributed by atoms with Gasteiger partial charge in [0, 0.05) is 30.7 Å². The van der Waals surface area contributed by atoms with Crippen LogP contribution in [0.4, 0.5) is 40.4 Å². The second kappa shape index (κ2) is 15.9. The van der Waals surface area contributed by atoms with Gasteiger partial charge < -0.3 is 10.1 Å². The van der Waals surface area contributed by atoms with Gasteiger partial charge in [0.05, 0.1) is 21.0 Å². The Hall–Kier alpha value is -6.08. The lowest BCUT2D eigenvalue weighted by atomic mass is 10.4. The lowest BCUT2D eigenvalue weighted by Gasteiger charge is -1.89. The minimum Gasteiger partial charge on any atom is -0.358 e. The van der Waals surface area contributed by atoms with E-state index >= 15 is 0 Å². The quantitative estimate of drug-likeness (QED) is 0.143. The van der Waals surface area contributed by atoms with Crippen molar-refractivity contribution in [1.82, 2.24) is 19.9 Å². The summed E-state index contributed by atoms with van der Waals surface area (Å²) in [7, 11) is 0. The summed E-state index contributed by atoms with van der Waals surface area (Å²) in [4.78, 5) is 49.5. The van der Waals surface area contributed by atoms with Crippen molar-refractivity contribution in [2.24, 2.45) is 0 Å². The third-order valence-electron chi connectivity index (χ3n) is 3.74. The number of pyridine rings is 4. The second-order valence-electron chi connectivity index (χ2n) is 6.30. The summed E-state index contributed by atoms with van der Waals surface area (Å²) in [5.74, 6) is -4.46. The maximum atomic E-state index is 12.4. The molecular formula is C20H12F4N8O8. The molecule has 4 heterocycles. The Morgan fingerprint density at radius 2 is 1.07 bits per heavy atom. The van der Waals surface area contributed by atoms with Crippen LogP contribution in [0, 0.1) is 63.9 Å². The smallest absolute Gasteiger partial charge is 0.358 e. The summed E-state index contributed by atoms with van der Waals surface area (Å²) in [6, 6.07) is 6.60. The summed E-state index contributed by atoms with van der Waals surface area (Å²) < 4.78 is 49.3. The fraction of sp³-hybridized carbons (Fsp3) is 0. The van der Waals surface area contributed by atoms with Gasteiger partial charge >= 0.3 is 22.9 Å². The lowest BCUT2D eigenvalue weighted by Crippen LogP contribution is -1.94. The van der Waals surface area contributed by atoms with Crippen molar-refractivity contribution in [2.75, 3.05) is 0 Å². The van der Waals surface area contributed by atoms with Crippen molar-refractivity contribution in [3.63, 3.8) is 0 Å². The fourth-order valence-corrected chi connectivity index (χ4v) is 2.04. The number of rotatable bonds is 4. The van der Waals surface area contributed by atoms with Gasteiger partial charge in [0.1, 0.15) is 12.4 Å². The van der Waals surface area contributed by atoms with Gasteiger partial charge in [-0.3, -0.25) is 40.3 Å². The summed E-state index contributed by atoms with van der Waals surface area (Å²) in [5, 5.41) is 39.8. The predicted octanol–water partition coefficient (Wildman–Crippen LogP) is 4.52. The first kappa shape index (κ1) is 31.9. The van der Waals surface area contributed by atoms with Crippen LogP contribution in [0.5, 0.6) is 0 Å². The van der Waals surface area contributed by atoms with Crippen LogP contribution in [-0.2, 0) is 0 Å². The van der Waals surface area contributed by atoms with E-state index in [9.17, 15) is 58.0 Å². The largest absolute Gasteiger partial charge is 0.399 e. The predicted molar refractivity (Wildman–Crippen MR) is 123 cm³/mol.